The molecular formula is C26H48N2O5. The van der Waals surface area contributed by atoms with E-state index in [1.165, 1.54) is 12.0 Å². The molecule has 0 aliphatic heterocycles. The van der Waals surface area contributed by atoms with Crippen molar-refractivity contribution in [3.05, 3.63) is 36.0 Å². The van der Waals surface area contributed by atoms with Crippen LogP contribution in [0.2, 0.25) is 0 Å². The van der Waals surface area contributed by atoms with Crippen LogP contribution in [0, 0.1) is 5.41 Å². The van der Waals surface area contributed by atoms with E-state index >= 15 is 0 Å². The minimum absolute atomic E-state index is 0.124. The van der Waals surface area contributed by atoms with Crippen molar-refractivity contribution in [3.63, 3.8) is 0 Å². The van der Waals surface area contributed by atoms with Crippen LogP contribution >= 0.6 is 0 Å². The van der Waals surface area contributed by atoms with Crippen LogP contribution in [0.4, 0.5) is 4.79 Å². The second-order valence-electron chi connectivity index (χ2n) is 10.1. The summed E-state index contributed by atoms with van der Waals surface area (Å²) in [5.74, 6) is -0.448. The van der Waals surface area contributed by atoms with Gasteiger partial charge in [-0.15, -0.1) is 0 Å². The highest BCUT2D eigenvalue weighted by molar-refractivity contribution is 5.75. The summed E-state index contributed by atoms with van der Waals surface area (Å²) in [6, 6.07) is 0. The Morgan fingerprint density at radius 2 is 1.61 bits per heavy atom. The van der Waals surface area contributed by atoms with Gasteiger partial charge in [-0.3, -0.25) is 9.59 Å². The molecule has 0 atom stereocenters. The molecule has 0 aliphatic carbocycles. The molecule has 33 heavy (non-hydrogen) atoms. The Morgan fingerprint density at radius 3 is 1.97 bits per heavy atom. The highest BCUT2D eigenvalue weighted by Gasteiger charge is 2.15. The summed E-state index contributed by atoms with van der Waals surface area (Å²) < 4.78 is 4.92. The van der Waals surface area contributed by atoms with Gasteiger partial charge in [-0.2, -0.15) is 0 Å². The number of hydrogen-bond acceptors (Lipinski definition) is 5. The van der Waals surface area contributed by atoms with Gasteiger partial charge in [0.05, 0.1) is 0 Å². The third-order valence-electron chi connectivity index (χ3n) is 3.44. The first-order chi connectivity index (χ1) is 14.9. The monoisotopic (exact) mass is 468 g/mol. The van der Waals surface area contributed by atoms with E-state index in [-0.39, 0.29) is 19.1 Å². The molecule has 0 aromatic rings. The number of amides is 2. The first-order valence-electron chi connectivity index (χ1n) is 11.3. The summed E-state index contributed by atoms with van der Waals surface area (Å²) in [7, 11) is 0. The van der Waals surface area contributed by atoms with Gasteiger partial charge >= 0.3 is 6.09 Å². The highest BCUT2D eigenvalue weighted by atomic mass is 16.6. The Hall–Kier alpha value is -2.41. The normalized spacial score (nSPS) is 12.0. The first-order valence-corrected chi connectivity index (χ1v) is 11.3. The molecule has 0 bridgehead atoms. The molecule has 0 aromatic carbocycles. The van der Waals surface area contributed by atoms with Crippen LogP contribution in [0.3, 0.4) is 0 Å². The smallest absolute Gasteiger partial charge is 0.407 e. The van der Waals surface area contributed by atoms with E-state index in [2.05, 4.69) is 32.7 Å². The number of carbonyl (C=O) groups excluding carboxylic acids is 3. The first kappa shape index (κ1) is 35.2. The number of aliphatic hydroxyl groups excluding tert-OH is 1. The molecule has 0 spiro atoms. The maximum atomic E-state index is 11.0. The number of alkyl carbamates (subject to hydrolysis) is 1. The van der Waals surface area contributed by atoms with Crippen molar-refractivity contribution in [2.75, 3.05) is 6.54 Å². The summed E-state index contributed by atoms with van der Waals surface area (Å²) in [6.45, 7) is 21.3. The molecule has 0 saturated heterocycles. The van der Waals surface area contributed by atoms with E-state index in [1.54, 1.807) is 41.5 Å². The van der Waals surface area contributed by atoms with Crippen LogP contribution in [0.5, 0.6) is 0 Å². The van der Waals surface area contributed by atoms with E-state index < -0.39 is 17.6 Å². The molecule has 0 heterocycles. The number of nitrogens with two attached hydrogens (primary N) is 1. The third-order valence-corrected chi connectivity index (χ3v) is 3.44. The summed E-state index contributed by atoms with van der Waals surface area (Å²) in [6.07, 6.45) is 9.39. The average molecular weight is 469 g/mol. The van der Waals surface area contributed by atoms with E-state index in [9.17, 15) is 14.4 Å². The average Bonchev–Trinajstić information content (AvgIpc) is 2.61. The molecule has 192 valence electrons. The number of allylic oxidation sites excluding steroid dienone is 5. The number of ether oxygens (including phenoxy) is 1. The minimum atomic E-state index is -0.534. The quantitative estimate of drug-likeness (QED) is 0.243. The molecule has 0 saturated carbocycles. The van der Waals surface area contributed by atoms with Gasteiger partial charge in [-0.05, 0) is 77.4 Å². The van der Waals surface area contributed by atoms with Gasteiger partial charge < -0.3 is 20.9 Å². The van der Waals surface area contributed by atoms with Crippen molar-refractivity contribution in [1.82, 2.24) is 5.32 Å². The molecule has 0 aromatic heterocycles. The van der Waals surface area contributed by atoms with Crippen LogP contribution in [-0.2, 0) is 14.3 Å². The zero-order chi connectivity index (χ0) is 26.7. The number of nitrogens with one attached hydrogen (secondary N) is 1. The summed E-state index contributed by atoms with van der Waals surface area (Å²) in [5, 5.41) is 10.5. The maximum absolute atomic E-state index is 11.0. The van der Waals surface area contributed by atoms with Gasteiger partial charge in [-0.25, -0.2) is 4.79 Å². The van der Waals surface area contributed by atoms with E-state index in [0.29, 0.717) is 5.41 Å². The molecule has 0 radical (unpaired) electrons. The second kappa shape index (κ2) is 19.1. The van der Waals surface area contributed by atoms with Crippen molar-refractivity contribution in [2.45, 2.75) is 99.7 Å². The predicted molar refractivity (Wildman–Crippen MR) is 137 cm³/mol. The number of aliphatic hydroxyl groups is 1. The molecule has 4 N–H and O–H groups in total. The van der Waals surface area contributed by atoms with E-state index in [0.717, 1.165) is 24.7 Å². The fraction of sp³-hybridized carbons (Fsp3) is 0.654. The number of hydrogen-bond donors (Lipinski definition) is 3. The number of carbonyl (C=O) groups is 3. The topological polar surface area (TPSA) is 119 Å². The second-order valence-corrected chi connectivity index (χ2v) is 10.1. The zero-order valence-corrected chi connectivity index (χ0v) is 22.3. The van der Waals surface area contributed by atoms with Crippen molar-refractivity contribution in [2.24, 2.45) is 11.1 Å². The summed E-state index contributed by atoms with van der Waals surface area (Å²) in [4.78, 5) is 31.7. The Morgan fingerprint density at radius 1 is 1.09 bits per heavy atom. The summed E-state index contributed by atoms with van der Waals surface area (Å²) >= 11 is 0. The van der Waals surface area contributed by atoms with Crippen molar-refractivity contribution in [1.29, 1.82) is 0 Å². The van der Waals surface area contributed by atoms with E-state index in [4.69, 9.17) is 15.6 Å². The van der Waals surface area contributed by atoms with Gasteiger partial charge in [0.15, 0.2) is 0 Å². The molecule has 0 rings (SSSR count). The van der Waals surface area contributed by atoms with Crippen LogP contribution in [0.15, 0.2) is 36.0 Å². The fourth-order valence-corrected chi connectivity index (χ4v) is 1.96. The SMILES string of the molecule is C=C/C(=C\C=C(/C)C=O)CCCC(C)(C)C.CC(C)(C)OC(=O)NCCC(N)=O.CC(C)O. The molecule has 0 aliphatic rings. The van der Waals surface area contributed by atoms with Crippen molar-refractivity contribution < 1.29 is 24.2 Å². The van der Waals surface area contributed by atoms with Crippen LogP contribution in [0.1, 0.15) is 88.0 Å². The molecule has 2 amide bonds. The molecule has 7 nitrogen and oxygen atoms in total. The van der Waals surface area contributed by atoms with Crippen LogP contribution in [0.25, 0.3) is 0 Å². The van der Waals surface area contributed by atoms with E-state index in [1.807, 2.05) is 18.2 Å². The molecule has 0 unspecified atom stereocenters. The lowest BCUT2D eigenvalue weighted by Crippen LogP contribution is -2.34. The highest BCUT2D eigenvalue weighted by Crippen LogP contribution is 2.23. The largest absolute Gasteiger partial charge is 0.444 e. The molecule has 7 heteroatoms. The molecular weight excluding hydrogens is 420 g/mol. The minimum Gasteiger partial charge on any atom is -0.444 e. The third kappa shape index (κ3) is 37.3. The van der Waals surface area contributed by atoms with Crippen molar-refractivity contribution in [3.8, 4) is 0 Å². The Kier molecular flexibility index (Phi) is 20.4. The molecule has 0 fully saturated rings. The van der Waals surface area contributed by atoms with Gasteiger partial charge in [0.1, 0.15) is 11.9 Å². The fourth-order valence-electron chi connectivity index (χ4n) is 1.96. The van der Waals surface area contributed by atoms with Gasteiger partial charge in [-0.1, -0.05) is 45.6 Å². The van der Waals surface area contributed by atoms with Crippen LogP contribution < -0.4 is 11.1 Å². The lowest BCUT2D eigenvalue weighted by molar-refractivity contribution is -0.117. The Bertz CT molecular complexity index is 633. The van der Waals surface area contributed by atoms with Gasteiger partial charge in [0, 0.05) is 19.1 Å². The predicted octanol–water partition coefficient (Wildman–Crippen LogP) is 5.23. The maximum Gasteiger partial charge on any atom is 0.407 e. The van der Waals surface area contributed by atoms with Crippen molar-refractivity contribution >= 4 is 18.3 Å². The Labute approximate surface area is 201 Å². The number of aldehydes is 1. The lowest BCUT2D eigenvalue weighted by atomic mass is 9.89. The zero-order valence-electron chi connectivity index (χ0n) is 22.3. The van der Waals surface area contributed by atoms with Gasteiger partial charge in [0.25, 0.3) is 0 Å². The standard InChI is InChI=1S/C15H24O.C8H16N2O3.C3H8O/c1-6-14(10-9-13(2)12-16)8-7-11-15(3,4)5;1-8(2,3)13-7(12)10-5-4-6(9)11;1-3(2)4/h6,9-10,12H,1,7-8,11H2,2-5H3;4-5H2,1-3H3,(H2,9,11)(H,10,12);3-4H,1-2H3/b13-9+,14-10+;;. The lowest BCUT2D eigenvalue weighted by Gasteiger charge is -2.19. The Balaban J connectivity index is -0.000000476. The number of rotatable bonds is 9. The van der Waals surface area contributed by atoms with Crippen LogP contribution in [-0.4, -0.2) is 41.6 Å². The summed E-state index contributed by atoms with van der Waals surface area (Å²) in [5.41, 5.74) is 6.69. The number of primary amides is 1. The van der Waals surface area contributed by atoms with Gasteiger partial charge in [0.2, 0.25) is 5.91 Å².